The highest BCUT2D eigenvalue weighted by Crippen LogP contribution is 2.44. The largest absolute Gasteiger partial charge is 0.394 e. The Balaban J connectivity index is 1.46. The minimum absolute atomic E-state index is 0.0290. The molecule has 2 N–H and O–H groups in total. The molecule has 3 saturated carbocycles. The van der Waals surface area contributed by atoms with Crippen LogP contribution in [-0.4, -0.2) is 72.7 Å². The number of carbonyl (C=O) groups is 1. The van der Waals surface area contributed by atoms with E-state index in [1.807, 2.05) is 6.08 Å². The molecule has 3 fully saturated rings. The van der Waals surface area contributed by atoms with Gasteiger partial charge >= 0.3 is 0 Å². The van der Waals surface area contributed by atoms with E-state index in [1.165, 1.54) is 64.2 Å². The summed E-state index contributed by atoms with van der Waals surface area (Å²) in [5, 5.41) is 20.8. The second-order valence-corrected chi connectivity index (χ2v) is 13.7. The van der Waals surface area contributed by atoms with E-state index in [0.717, 1.165) is 44.1 Å². The third-order valence-electron chi connectivity index (χ3n) is 10.5. The molecule has 0 aliphatic heterocycles. The first-order valence-electron chi connectivity index (χ1n) is 17.4. The fourth-order valence-electron chi connectivity index (χ4n) is 7.99. The first-order valence-corrected chi connectivity index (χ1v) is 17.4. The molecule has 6 heteroatoms. The molecule has 0 aromatic rings. The maximum atomic E-state index is 13.2. The Kier molecular flexibility index (Phi) is 16.9. The number of nitrogens with zero attached hydrogens (tertiary/aromatic N) is 1. The number of carbonyl (C=O) groups excluding carboxylic acids is 1. The molecule has 3 rings (SSSR count). The number of hydrogen-bond donors (Lipinski definition) is 2. The van der Waals surface area contributed by atoms with Crippen LogP contribution in [0.25, 0.3) is 0 Å². The fraction of sp³-hybridized carbons (Fsp3) is 0.861. The van der Waals surface area contributed by atoms with Gasteiger partial charge in [-0.1, -0.05) is 70.1 Å². The molecule has 0 aromatic carbocycles. The van der Waals surface area contributed by atoms with Gasteiger partial charge in [0.25, 0.3) is 0 Å². The van der Waals surface area contributed by atoms with Gasteiger partial charge in [-0.3, -0.25) is 9.69 Å². The standard InChI is InChI=1S/C36H63NO5/c1-4-12-31(42-27-29-14-9-13-28(2)25-29)17-7-8-23-37(24-22-32(26-38)41-3)36(40)21-11-20-35(39)34-19-10-16-30-15-5-6-18-33(30)34/h4,7,17,28-34,36,38,40H,1,5-6,8-16,18-27H2,2-3H3. The Bertz CT molecular complexity index is 781. The molecule has 3 aliphatic rings. The average molecular weight is 590 g/mol. The molecule has 0 amide bonds. The van der Waals surface area contributed by atoms with Gasteiger partial charge < -0.3 is 19.7 Å². The van der Waals surface area contributed by atoms with Crippen LogP contribution in [0.15, 0.2) is 24.8 Å². The van der Waals surface area contributed by atoms with Crippen molar-refractivity contribution in [1.29, 1.82) is 0 Å². The van der Waals surface area contributed by atoms with E-state index in [2.05, 4.69) is 30.6 Å². The Morgan fingerprint density at radius 2 is 1.83 bits per heavy atom. The number of methoxy groups -OCH3 is 1. The number of aliphatic hydroxyl groups excluding tert-OH is 2. The third kappa shape index (κ3) is 12.1. The quantitative estimate of drug-likeness (QED) is 0.117. The van der Waals surface area contributed by atoms with Gasteiger partial charge in [0.05, 0.1) is 25.4 Å². The van der Waals surface area contributed by atoms with E-state index in [1.54, 1.807) is 7.11 Å². The smallest absolute Gasteiger partial charge is 0.136 e. The summed E-state index contributed by atoms with van der Waals surface area (Å²) >= 11 is 0. The number of fused-ring (bicyclic) bond motifs is 1. The normalized spacial score (nSPS) is 28.8. The van der Waals surface area contributed by atoms with E-state index in [0.29, 0.717) is 50.0 Å². The molecule has 0 aromatic heterocycles. The second kappa shape index (κ2) is 20.1. The minimum atomic E-state index is -0.607. The lowest BCUT2D eigenvalue weighted by atomic mass is 9.64. The molecular formula is C36H63NO5. The van der Waals surface area contributed by atoms with E-state index >= 15 is 0 Å². The lowest BCUT2D eigenvalue weighted by Gasteiger charge is -2.40. The fourth-order valence-corrected chi connectivity index (χ4v) is 7.99. The van der Waals surface area contributed by atoms with Gasteiger partial charge in [0.1, 0.15) is 12.0 Å². The van der Waals surface area contributed by atoms with Crippen molar-refractivity contribution in [1.82, 2.24) is 4.90 Å². The maximum absolute atomic E-state index is 13.2. The van der Waals surface area contributed by atoms with Gasteiger partial charge in [-0.05, 0) is 81.5 Å². The number of Topliss-reactive ketones (excluding diaryl/α,β-unsaturated/α-hetero) is 1. The third-order valence-corrected chi connectivity index (χ3v) is 10.5. The molecule has 0 radical (unpaired) electrons. The summed E-state index contributed by atoms with van der Waals surface area (Å²) in [5.41, 5.74) is 0. The Morgan fingerprint density at radius 1 is 1.05 bits per heavy atom. The lowest BCUT2D eigenvalue weighted by molar-refractivity contribution is -0.127. The predicted octanol–water partition coefficient (Wildman–Crippen LogP) is 7.08. The van der Waals surface area contributed by atoms with Gasteiger partial charge in [0.15, 0.2) is 0 Å². The van der Waals surface area contributed by atoms with E-state index in [4.69, 9.17) is 9.47 Å². The van der Waals surface area contributed by atoms with Crippen LogP contribution in [0.2, 0.25) is 0 Å². The number of hydrogen-bond acceptors (Lipinski definition) is 6. The van der Waals surface area contributed by atoms with E-state index in [9.17, 15) is 15.0 Å². The first-order chi connectivity index (χ1) is 20.4. The van der Waals surface area contributed by atoms with Gasteiger partial charge in [-0.15, -0.1) is 6.58 Å². The number of aliphatic hydroxyl groups is 2. The summed E-state index contributed by atoms with van der Waals surface area (Å²) < 4.78 is 11.7. The van der Waals surface area contributed by atoms with Crippen molar-refractivity contribution in [2.24, 2.45) is 29.6 Å². The van der Waals surface area contributed by atoms with Crippen molar-refractivity contribution in [2.45, 2.75) is 135 Å². The van der Waals surface area contributed by atoms with Crippen molar-refractivity contribution >= 4 is 5.78 Å². The molecular weight excluding hydrogens is 526 g/mol. The number of ketones is 1. The predicted molar refractivity (Wildman–Crippen MR) is 171 cm³/mol. The van der Waals surface area contributed by atoms with Gasteiger partial charge in [-0.25, -0.2) is 0 Å². The van der Waals surface area contributed by atoms with E-state index in [-0.39, 0.29) is 24.7 Å². The highest BCUT2D eigenvalue weighted by molar-refractivity contribution is 5.81. The first kappa shape index (κ1) is 35.4. The topological polar surface area (TPSA) is 79.2 Å². The van der Waals surface area contributed by atoms with Crippen LogP contribution in [0.1, 0.15) is 116 Å². The average Bonchev–Trinajstić information content (AvgIpc) is 3.00. The molecule has 6 nitrogen and oxygen atoms in total. The van der Waals surface area contributed by atoms with Gasteiger partial charge in [-0.2, -0.15) is 0 Å². The SMILES string of the molecule is C=CCC(C=CCCN(CCC(CO)OC)C(O)CCCC(=O)C1CCCC2CCCCC21)OCC1CCCC(C)C1. The summed E-state index contributed by atoms with van der Waals surface area (Å²) in [4.78, 5) is 15.3. The highest BCUT2D eigenvalue weighted by atomic mass is 16.5. The number of ether oxygens (including phenoxy) is 2. The molecule has 0 spiro atoms. The van der Waals surface area contributed by atoms with Crippen molar-refractivity contribution in [3.63, 3.8) is 0 Å². The summed E-state index contributed by atoms with van der Waals surface area (Å²) in [6.45, 7) is 8.41. The molecule has 8 atom stereocenters. The van der Waals surface area contributed by atoms with Crippen LogP contribution in [0.5, 0.6) is 0 Å². The zero-order chi connectivity index (χ0) is 30.2. The Labute approximate surface area is 257 Å². The molecule has 3 aliphatic carbocycles. The molecule has 0 bridgehead atoms. The van der Waals surface area contributed by atoms with Crippen LogP contribution in [0.3, 0.4) is 0 Å². The second-order valence-electron chi connectivity index (χ2n) is 13.7. The van der Waals surface area contributed by atoms with Crippen LogP contribution < -0.4 is 0 Å². The van der Waals surface area contributed by atoms with Crippen LogP contribution in [0.4, 0.5) is 0 Å². The maximum Gasteiger partial charge on any atom is 0.136 e. The minimum Gasteiger partial charge on any atom is -0.394 e. The van der Waals surface area contributed by atoms with Crippen molar-refractivity contribution in [3.8, 4) is 0 Å². The molecule has 0 heterocycles. The zero-order valence-electron chi connectivity index (χ0n) is 27.0. The summed E-state index contributed by atoms with van der Waals surface area (Å²) in [7, 11) is 1.62. The molecule has 8 unspecified atom stereocenters. The number of rotatable bonds is 20. The summed E-state index contributed by atoms with van der Waals surface area (Å²) in [5.74, 6) is 3.53. The summed E-state index contributed by atoms with van der Waals surface area (Å²) in [6.07, 6.45) is 23.5. The summed E-state index contributed by atoms with van der Waals surface area (Å²) in [6, 6.07) is 0. The highest BCUT2D eigenvalue weighted by Gasteiger charge is 2.38. The van der Waals surface area contributed by atoms with Crippen LogP contribution in [0, 0.1) is 29.6 Å². The molecule has 42 heavy (non-hydrogen) atoms. The van der Waals surface area contributed by atoms with Gasteiger partial charge in [0.2, 0.25) is 0 Å². The molecule has 0 saturated heterocycles. The van der Waals surface area contributed by atoms with Crippen LogP contribution >= 0.6 is 0 Å². The van der Waals surface area contributed by atoms with Crippen molar-refractivity contribution in [3.05, 3.63) is 24.8 Å². The van der Waals surface area contributed by atoms with Crippen molar-refractivity contribution in [2.75, 3.05) is 33.4 Å². The van der Waals surface area contributed by atoms with Crippen molar-refractivity contribution < 1.29 is 24.5 Å². The Morgan fingerprint density at radius 3 is 2.60 bits per heavy atom. The monoisotopic (exact) mass is 589 g/mol. The molecule has 242 valence electrons. The lowest BCUT2D eigenvalue weighted by Crippen LogP contribution is -2.39. The zero-order valence-corrected chi connectivity index (χ0v) is 27.0. The Hall–Kier alpha value is -1.05. The van der Waals surface area contributed by atoms with Crippen LogP contribution in [-0.2, 0) is 14.3 Å². The van der Waals surface area contributed by atoms with E-state index < -0.39 is 6.23 Å². The van der Waals surface area contributed by atoms with Gasteiger partial charge in [0, 0.05) is 32.5 Å².